The van der Waals surface area contributed by atoms with E-state index >= 15 is 0 Å². The number of aliphatic hydroxyl groups is 1. The molecule has 1 unspecified atom stereocenters. The van der Waals surface area contributed by atoms with Crippen LogP contribution in [0.4, 0.5) is 8.78 Å². The summed E-state index contributed by atoms with van der Waals surface area (Å²) in [4.78, 5) is 17.0. The first-order valence-electron chi connectivity index (χ1n) is 11.0. The van der Waals surface area contributed by atoms with Crippen LogP contribution in [0, 0.1) is 0 Å². The van der Waals surface area contributed by atoms with Crippen molar-refractivity contribution in [3.63, 3.8) is 0 Å². The molecule has 34 heavy (non-hydrogen) atoms. The van der Waals surface area contributed by atoms with Gasteiger partial charge in [0, 0.05) is 37.3 Å². The van der Waals surface area contributed by atoms with E-state index in [9.17, 15) is 18.7 Å². The molecule has 1 fully saturated rings. The van der Waals surface area contributed by atoms with E-state index < -0.39 is 36.3 Å². The second-order valence-electron chi connectivity index (χ2n) is 8.54. The topological polar surface area (TPSA) is 80.0 Å². The summed E-state index contributed by atoms with van der Waals surface area (Å²) in [5, 5.41) is 18.6. The molecule has 0 saturated heterocycles. The number of nitrogens with zero attached hydrogens (tertiary/aromatic N) is 3. The van der Waals surface area contributed by atoms with E-state index in [0.717, 1.165) is 11.1 Å². The average molecular weight is 509 g/mol. The van der Waals surface area contributed by atoms with Gasteiger partial charge >= 0.3 is 0 Å². The predicted octanol–water partition coefficient (Wildman–Crippen LogP) is 5.68. The molecule has 3 aromatic rings. The Morgan fingerprint density at radius 1 is 1.21 bits per heavy atom. The second-order valence-corrected chi connectivity index (χ2v) is 9.28. The van der Waals surface area contributed by atoms with E-state index in [1.807, 2.05) is 25.3 Å². The number of benzene rings is 1. The summed E-state index contributed by atoms with van der Waals surface area (Å²) < 4.78 is 29.6. The van der Waals surface area contributed by atoms with E-state index in [-0.39, 0.29) is 28.6 Å². The van der Waals surface area contributed by atoms with Crippen molar-refractivity contribution >= 4 is 29.1 Å². The van der Waals surface area contributed by atoms with Crippen LogP contribution in [-0.4, -0.2) is 37.3 Å². The van der Waals surface area contributed by atoms with Crippen molar-refractivity contribution in [2.45, 2.75) is 56.7 Å². The first kappa shape index (κ1) is 24.6. The Kier molecular flexibility index (Phi) is 6.94. The third kappa shape index (κ3) is 5.09. The van der Waals surface area contributed by atoms with Crippen LogP contribution in [-0.2, 0) is 6.54 Å². The molecule has 0 bridgehead atoms. The van der Waals surface area contributed by atoms with Crippen molar-refractivity contribution in [1.82, 2.24) is 20.1 Å². The maximum Gasteiger partial charge on any atom is 0.253 e. The molecule has 2 N–H and O–H groups in total. The molecule has 2 heterocycles. The summed E-state index contributed by atoms with van der Waals surface area (Å²) >= 11 is 12.1. The van der Waals surface area contributed by atoms with Crippen LogP contribution in [0.3, 0.4) is 0 Å². The lowest BCUT2D eigenvalue weighted by atomic mass is 9.75. The van der Waals surface area contributed by atoms with Gasteiger partial charge in [0.25, 0.3) is 5.91 Å². The van der Waals surface area contributed by atoms with Crippen molar-refractivity contribution in [1.29, 1.82) is 0 Å². The Labute approximate surface area is 205 Å². The second kappa shape index (κ2) is 9.60. The number of amides is 1. The molecular formula is C24H24Cl2F2N4O2. The molecule has 0 spiro atoms. The van der Waals surface area contributed by atoms with E-state index in [1.165, 1.54) is 12.3 Å². The molecule has 1 amide bonds. The van der Waals surface area contributed by atoms with Gasteiger partial charge < -0.3 is 10.4 Å². The van der Waals surface area contributed by atoms with Crippen molar-refractivity contribution < 1.29 is 18.7 Å². The van der Waals surface area contributed by atoms with Gasteiger partial charge in [-0.25, -0.2) is 13.8 Å². The Balaban J connectivity index is 1.72. The molecule has 1 aliphatic carbocycles. The van der Waals surface area contributed by atoms with E-state index in [1.54, 1.807) is 23.0 Å². The van der Waals surface area contributed by atoms with E-state index in [4.69, 9.17) is 23.2 Å². The molecule has 2 aromatic heterocycles. The van der Waals surface area contributed by atoms with Crippen molar-refractivity contribution in [2.24, 2.45) is 0 Å². The number of carbonyl (C=O) groups is 1. The molecule has 4 rings (SSSR count). The normalized spacial score (nSPS) is 17.8. The highest BCUT2D eigenvalue weighted by atomic mass is 35.5. The highest BCUT2D eigenvalue weighted by Gasteiger charge is 2.47. The molecule has 0 aliphatic heterocycles. The van der Waals surface area contributed by atoms with Crippen molar-refractivity contribution in [3.05, 3.63) is 70.2 Å². The molecule has 180 valence electrons. The number of hydrogen-bond donors (Lipinski definition) is 2. The van der Waals surface area contributed by atoms with Crippen LogP contribution in [0.5, 0.6) is 0 Å². The first-order valence-corrected chi connectivity index (χ1v) is 11.7. The van der Waals surface area contributed by atoms with Gasteiger partial charge in [0.15, 0.2) is 0 Å². The zero-order valence-electron chi connectivity index (χ0n) is 18.4. The number of aryl methyl sites for hydroxylation is 1. The minimum atomic E-state index is -2.85. The number of hydrogen-bond acceptors (Lipinski definition) is 4. The third-order valence-electron chi connectivity index (χ3n) is 6.26. The smallest absolute Gasteiger partial charge is 0.253 e. The number of aromatic nitrogens is 3. The molecule has 1 aliphatic rings. The number of pyridine rings is 1. The Bertz CT molecular complexity index is 1190. The Hall–Kier alpha value is -2.55. The summed E-state index contributed by atoms with van der Waals surface area (Å²) in [7, 11) is 0. The fourth-order valence-electron chi connectivity index (χ4n) is 4.25. The first-order chi connectivity index (χ1) is 16.1. The summed E-state index contributed by atoms with van der Waals surface area (Å²) in [5.74, 6) is -3.44. The monoisotopic (exact) mass is 508 g/mol. The maximum absolute atomic E-state index is 13.9. The summed E-state index contributed by atoms with van der Waals surface area (Å²) in [6.07, 6.45) is 3.68. The van der Waals surface area contributed by atoms with Crippen LogP contribution < -0.4 is 5.32 Å². The maximum atomic E-state index is 13.9. The van der Waals surface area contributed by atoms with Crippen LogP contribution in [0.1, 0.15) is 54.6 Å². The molecule has 0 radical (unpaired) electrons. The number of halogens is 4. The SMILES string of the molecule is CCn1cc(-c2cccc(C(NC(=O)c3ccnc(Cl)c3Cl)C3(O)CCC(F)(F)CC3)c2)cn1. The van der Waals surface area contributed by atoms with Crippen LogP contribution in [0.15, 0.2) is 48.9 Å². The molecule has 10 heteroatoms. The zero-order valence-corrected chi connectivity index (χ0v) is 20.0. The quantitative estimate of drug-likeness (QED) is 0.419. The standard InChI is InChI=1S/C24H24Cl2F2N4O2/c1-2-32-14-17(13-30-32)15-4-3-5-16(12-15)20(23(34)7-9-24(27,28)10-8-23)31-22(33)18-6-11-29-21(26)19(18)25/h3-6,11-14,20,34H,2,7-10H2,1H3,(H,31,33). The van der Waals surface area contributed by atoms with Gasteiger partial charge in [-0.15, -0.1) is 0 Å². The molecule has 1 saturated carbocycles. The highest BCUT2D eigenvalue weighted by Crippen LogP contribution is 2.45. The summed E-state index contributed by atoms with van der Waals surface area (Å²) in [5.41, 5.74) is 0.773. The van der Waals surface area contributed by atoms with Crippen LogP contribution in [0.25, 0.3) is 11.1 Å². The number of rotatable bonds is 6. The number of carbonyl (C=O) groups excluding carboxylic acids is 1. The lowest BCUT2D eigenvalue weighted by molar-refractivity contribution is -0.116. The summed E-state index contributed by atoms with van der Waals surface area (Å²) in [6.45, 7) is 2.69. The van der Waals surface area contributed by atoms with Gasteiger partial charge in [-0.3, -0.25) is 9.48 Å². The van der Waals surface area contributed by atoms with Crippen molar-refractivity contribution in [3.8, 4) is 11.1 Å². The lowest BCUT2D eigenvalue weighted by Crippen LogP contribution is -2.50. The van der Waals surface area contributed by atoms with Gasteiger partial charge in [-0.05, 0) is 43.0 Å². The van der Waals surface area contributed by atoms with E-state index in [0.29, 0.717) is 12.1 Å². The van der Waals surface area contributed by atoms with Gasteiger partial charge in [-0.2, -0.15) is 5.10 Å². The lowest BCUT2D eigenvalue weighted by Gasteiger charge is -2.42. The number of alkyl halides is 2. The fraction of sp³-hybridized carbons (Fsp3) is 0.375. The molecule has 1 atom stereocenters. The third-order valence-corrected chi connectivity index (χ3v) is 7.03. The van der Waals surface area contributed by atoms with Crippen LogP contribution >= 0.6 is 23.2 Å². The summed E-state index contributed by atoms with van der Waals surface area (Å²) in [6, 6.07) is 7.72. The highest BCUT2D eigenvalue weighted by molar-refractivity contribution is 6.43. The Morgan fingerprint density at radius 2 is 1.94 bits per heavy atom. The minimum absolute atomic E-state index is 0.0247. The molecular weight excluding hydrogens is 485 g/mol. The number of nitrogens with one attached hydrogen (secondary N) is 1. The predicted molar refractivity (Wildman–Crippen MR) is 126 cm³/mol. The fourth-order valence-corrected chi connectivity index (χ4v) is 4.61. The van der Waals surface area contributed by atoms with Gasteiger partial charge in [0.2, 0.25) is 5.92 Å². The van der Waals surface area contributed by atoms with Gasteiger partial charge in [0.1, 0.15) is 5.15 Å². The Morgan fingerprint density at radius 3 is 2.62 bits per heavy atom. The molecule has 6 nitrogen and oxygen atoms in total. The largest absolute Gasteiger partial charge is 0.387 e. The molecule has 1 aromatic carbocycles. The van der Waals surface area contributed by atoms with Crippen molar-refractivity contribution in [2.75, 3.05) is 0 Å². The van der Waals surface area contributed by atoms with Gasteiger partial charge in [-0.1, -0.05) is 41.4 Å². The van der Waals surface area contributed by atoms with Gasteiger partial charge in [0.05, 0.1) is 28.4 Å². The minimum Gasteiger partial charge on any atom is -0.387 e. The van der Waals surface area contributed by atoms with E-state index in [2.05, 4.69) is 15.4 Å². The zero-order chi connectivity index (χ0) is 24.5. The van der Waals surface area contributed by atoms with Crippen LogP contribution in [0.2, 0.25) is 10.2 Å². The average Bonchev–Trinajstić information content (AvgIpc) is 3.31.